The van der Waals surface area contributed by atoms with E-state index in [1.54, 1.807) is 47.1 Å². The molecule has 1 aliphatic heterocycles. The number of nitrogens with one attached hydrogen (secondary N) is 1. The molecule has 2 amide bonds. The predicted molar refractivity (Wildman–Crippen MR) is 101 cm³/mol. The van der Waals surface area contributed by atoms with E-state index in [-0.39, 0.29) is 17.7 Å². The summed E-state index contributed by atoms with van der Waals surface area (Å²) in [6.45, 7) is 3.75. The van der Waals surface area contributed by atoms with Gasteiger partial charge in [0.25, 0.3) is 5.91 Å². The molecule has 9 nitrogen and oxygen atoms in total. The summed E-state index contributed by atoms with van der Waals surface area (Å²) >= 11 is 0. The van der Waals surface area contributed by atoms with Crippen molar-refractivity contribution in [1.82, 2.24) is 20.0 Å². The molecule has 2 aromatic rings. The molecular formula is C19H20N6O3. The van der Waals surface area contributed by atoms with E-state index in [0.717, 1.165) is 0 Å². The van der Waals surface area contributed by atoms with Crippen LogP contribution in [0.2, 0.25) is 0 Å². The lowest BCUT2D eigenvalue weighted by atomic mass is 10.2. The Hall–Kier alpha value is -3.67. The number of rotatable bonds is 4. The summed E-state index contributed by atoms with van der Waals surface area (Å²) < 4.78 is 4.97. The second-order valence-electron chi connectivity index (χ2n) is 6.06. The Balaban J connectivity index is 1.60. The zero-order valence-corrected chi connectivity index (χ0v) is 15.5. The minimum Gasteiger partial charge on any atom is -0.450 e. The molecule has 1 aromatic heterocycles. The quantitative estimate of drug-likeness (QED) is 0.863. The first-order valence-electron chi connectivity index (χ1n) is 8.93. The summed E-state index contributed by atoms with van der Waals surface area (Å²) in [7, 11) is 0. The van der Waals surface area contributed by atoms with Gasteiger partial charge >= 0.3 is 6.09 Å². The number of nitriles is 1. The van der Waals surface area contributed by atoms with Crippen molar-refractivity contribution in [3.63, 3.8) is 0 Å². The molecule has 1 saturated heterocycles. The Labute approximate surface area is 162 Å². The minimum atomic E-state index is -0.359. The molecule has 0 radical (unpaired) electrons. The number of anilines is 2. The fourth-order valence-corrected chi connectivity index (χ4v) is 2.81. The zero-order valence-electron chi connectivity index (χ0n) is 15.5. The van der Waals surface area contributed by atoms with Crippen molar-refractivity contribution in [1.29, 1.82) is 5.26 Å². The highest BCUT2D eigenvalue weighted by Crippen LogP contribution is 2.18. The maximum atomic E-state index is 12.6. The van der Waals surface area contributed by atoms with Gasteiger partial charge in [-0.1, -0.05) is 12.1 Å². The Morgan fingerprint density at radius 3 is 2.46 bits per heavy atom. The number of para-hydroxylation sites is 1. The molecule has 0 saturated carbocycles. The van der Waals surface area contributed by atoms with Crippen LogP contribution in [-0.2, 0) is 4.74 Å². The molecule has 3 rings (SSSR count). The number of carbonyl (C=O) groups excluding carboxylic acids is 2. The van der Waals surface area contributed by atoms with E-state index in [4.69, 9.17) is 10.00 Å². The first-order chi connectivity index (χ1) is 13.6. The molecule has 2 heterocycles. The molecule has 1 aliphatic rings. The molecule has 1 N–H and O–H groups in total. The number of aromatic nitrogens is 2. The standard InChI is InChI=1S/C19H20N6O3/c1-2-28-19(27)25-11-9-24(10-12-25)18(26)16-7-8-17(23-22-16)21-15-6-4-3-5-14(15)13-20/h3-8H,2,9-12H2,1H3,(H,21,23). The molecule has 1 aromatic carbocycles. The van der Waals surface area contributed by atoms with E-state index >= 15 is 0 Å². The molecule has 144 valence electrons. The molecule has 0 spiro atoms. The average molecular weight is 380 g/mol. The summed E-state index contributed by atoms with van der Waals surface area (Å²) in [4.78, 5) is 27.5. The van der Waals surface area contributed by atoms with Gasteiger partial charge in [0.15, 0.2) is 11.5 Å². The number of nitrogens with zero attached hydrogens (tertiary/aromatic N) is 5. The Kier molecular flexibility index (Phi) is 6.01. The van der Waals surface area contributed by atoms with Crippen LogP contribution < -0.4 is 5.32 Å². The van der Waals surface area contributed by atoms with E-state index < -0.39 is 0 Å². The molecule has 0 aliphatic carbocycles. The number of benzene rings is 1. The van der Waals surface area contributed by atoms with Crippen LogP contribution in [0.5, 0.6) is 0 Å². The molecule has 0 bridgehead atoms. The monoisotopic (exact) mass is 380 g/mol. The maximum Gasteiger partial charge on any atom is 0.409 e. The average Bonchev–Trinajstić information content (AvgIpc) is 2.74. The van der Waals surface area contributed by atoms with E-state index in [2.05, 4.69) is 21.6 Å². The molecule has 28 heavy (non-hydrogen) atoms. The van der Waals surface area contributed by atoms with Gasteiger partial charge in [-0.2, -0.15) is 5.26 Å². The first-order valence-corrected chi connectivity index (χ1v) is 8.93. The van der Waals surface area contributed by atoms with Gasteiger partial charge in [-0.15, -0.1) is 10.2 Å². The van der Waals surface area contributed by atoms with Crippen molar-refractivity contribution in [2.45, 2.75) is 6.92 Å². The van der Waals surface area contributed by atoms with Gasteiger partial charge in [0.05, 0.1) is 17.9 Å². The zero-order chi connectivity index (χ0) is 19.9. The van der Waals surface area contributed by atoms with Crippen molar-refractivity contribution in [3.8, 4) is 6.07 Å². The fraction of sp³-hybridized carbons (Fsp3) is 0.316. The normalized spacial score (nSPS) is 13.6. The van der Waals surface area contributed by atoms with E-state index in [0.29, 0.717) is 49.9 Å². The third-order valence-corrected chi connectivity index (χ3v) is 4.29. The molecule has 0 atom stereocenters. The third kappa shape index (κ3) is 4.35. The highest BCUT2D eigenvalue weighted by atomic mass is 16.6. The third-order valence-electron chi connectivity index (χ3n) is 4.29. The van der Waals surface area contributed by atoms with Gasteiger partial charge in [0, 0.05) is 26.2 Å². The molecule has 0 unspecified atom stereocenters. The summed E-state index contributed by atoms with van der Waals surface area (Å²) in [5.41, 5.74) is 1.33. The lowest BCUT2D eigenvalue weighted by molar-refractivity contribution is 0.0565. The van der Waals surface area contributed by atoms with Crippen LogP contribution in [-0.4, -0.2) is 64.8 Å². The lowest BCUT2D eigenvalue weighted by Crippen LogP contribution is -2.50. The van der Waals surface area contributed by atoms with E-state index in [1.807, 2.05) is 6.07 Å². The Morgan fingerprint density at radius 1 is 1.11 bits per heavy atom. The van der Waals surface area contributed by atoms with E-state index in [9.17, 15) is 9.59 Å². The van der Waals surface area contributed by atoms with Gasteiger partial charge < -0.3 is 19.9 Å². The maximum absolute atomic E-state index is 12.6. The number of piperazine rings is 1. The first kappa shape index (κ1) is 19.1. The topological polar surface area (TPSA) is 111 Å². The summed E-state index contributed by atoms with van der Waals surface area (Å²) in [5.74, 6) is 0.200. The second-order valence-corrected chi connectivity index (χ2v) is 6.06. The van der Waals surface area contributed by atoms with Crippen LogP contribution in [0.15, 0.2) is 36.4 Å². The molecular weight excluding hydrogens is 360 g/mol. The van der Waals surface area contributed by atoms with Crippen molar-refractivity contribution < 1.29 is 14.3 Å². The molecule has 9 heteroatoms. The summed E-state index contributed by atoms with van der Waals surface area (Å²) in [6.07, 6.45) is -0.359. The number of ether oxygens (including phenoxy) is 1. The predicted octanol–water partition coefficient (Wildman–Crippen LogP) is 2.01. The molecule has 1 fully saturated rings. The smallest absolute Gasteiger partial charge is 0.409 e. The van der Waals surface area contributed by atoms with Crippen LogP contribution in [0.4, 0.5) is 16.3 Å². The van der Waals surface area contributed by atoms with Gasteiger partial charge in [0.2, 0.25) is 0 Å². The van der Waals surface area contributed by atoms with Crippen LogP contribution in [0.3, 0.4) is 0 Å². The lowest BCUT2D eigenvalue weighted by Gasteiger charge is -2.33. The van der Waals surface area contributed by atoms with E-state index in [1.165, 1.54) is 0 Å². The van der Waals surface area contributed by atoms with Crippen molar-refractivity contribution in [2.75, 3.05) is 38.1 Å². The number of amides is 2. The Morgan fingerprint density at radius 2 is 1.82 bits per heavy atom. The van der Waals surface area contributed by atoms with Crippen LogP contribution >= 0.6 is 0 Å². The van der Waals surface area contributed by atoms with Crippen molar-refractivity contribution >= 4 is 23.5 Å². The van der Waals surface area contributed by atoms with Crippen molar-refractivity contribution in [2.24, 2.45) is 0 Å². The fourth-order valence-electron chi connectivity index (χ4n) is 2.81. The summed E-state index contributed by atoms with van der Waals surface area (Å²) in [6, 6.07) is 12.4. The highest BCUT2D eigenvalue weighted by Gasteiger charge is 2.26. The summed E-state index contributed by atoms with van der Waals surface area (Å²) in [5, 5.41) is 20.2. The van der Waals surface area contributed by atoms with Gasteiger partial charge in [-0.05, 0) is 31.2 Å². The second kappa shape index (κ2) is 8.81. The Bertz CT molecular complexity index is 885. The van der Waals surface area contributed by atoms with Gasteiger partial charge in [0.1, 0.15) is 6.07 Å². The number of hydrogen-bond donors (Lipinski definition) is 1. The van der Waals surface area contributed by atoms with Crippen molar-refractivity contribution in [3.05, 3.63) is 47.7 Å². The van der Waals surface area contributed by atoms with Crippen LogP contribution in [0, 0.1) is 11.3 Å². The van der Waals surface area contributed by atoms with Crippen LogP contribution in [0.1, 0.15) is 23.0 Å². The number of carbonyl (C=O) groups is 2. The highest BCUT2D eigenvalue weighted by molar-refractivity contribution is 5.92. The van der Waals surface area contributed by atoms with Gasteiger partial charge in [-0.25, -0.2) is 4.79 Å². The number of hydrogen-bond acceptors (Lipinski definition) is 7. The largest absolute Gasteiger partial charge is 0.450 e. The minimum absolute atomic E-state index is 0.226. The SMILES string of the molecule is CCOC(=O)N1CCN(C(=O)c2ccc(Nc3ccccc3C#N)nn2)CC1. The van der Waals surface area contributed by atoms with Crippen LogP contribution in [0.25, 0.3) is 0 Å². The van der Waals surface area contributed by atoms with Gasteiger partial charge in [-0.3, -0.25) is 4.79 Å².